The molecule has 1 aromatic rings. The number of nitrogens with two attached hydrogens (primary N) is 1. The van der Waals surface area contributed by atoms with Crippen LogP contribution in [0.1, 0.15) is 31.6 Å². The molecule has 1 aromatic heterocycles. The molecule has 7 heteroatoms. The van der Waals surface area contributed by atoms with Crippen molar-refractivity contribution in [1.82, 2.24) is 9.88 Å². The number of amides is 1. The number of ether oxygens (including phenoxy) is 1. The Hall–Kier alpha value is -1.34. The van der Waals surface area contributed by atoms with Crippen LogP contribution >= 0.6 is 11.3 Å². The number of likely N-dealkylation sites (tertiary alicyclic amines) is 1. The van der Waals surface area contributed by atoms with Crippen molar-refractivity contribution in [1.29, 1.82) is 0 Å². The molecule has 0 aliphatic carbocycles. The number of carbonyl (C=O) groups is 1. The third kappa shape index (κ3) is 3.36. The molecule has 1 amide bonds. The number of anilines is 1. The number of hydrogen-bond donors (Lipinski definition) is 2. The Morgan fingerprint density at radius 3 is 2.79 bits per heavy atom. The number of nitrogens with zero attached hydrogens (tertiary/aromatic N) is 2. The number of nitrogen functional groups attached to an aromatic ring is 1. The van der Waals surface area contributed by atoms with Crippen molar-refractivity contribution in [2.75, 3.05) is 18.8 Å². The lowest BCUT2D eigenvalue weighted by molar-refractivity contribution is 0.0270. The molecule has 0 saturated carbocycles. The van der Waals surface area contributed by atoms with Gasteiger partial charge in [0.1, 0.15) is 5.60 Å². The van der Waals surface area contributed by atoms with Gasteiger partial charge < -0.3 is 20.5 Å². The van der Waals surface area contributed by atoms with E-state index < -0.39 is 17.8 Å². The van der Waals surface area contributed by atoms with Crippen LogP contribution in [0.3, 0.4) is 0 Å². The van der Waals surface area contributed by atoms with Gasteiger partial charge in [0.2, 0.25) is 0 Å². The minimum absolute atomic E-state index is 0.137. The second kappa shape index (κ2) is 4.97. The third-order valence-electron chi connectivity index (χ3n) is 2.85. The smallest absolute Gasteiger partial charge is 0.410 e. The first kappa shape index (κ1) is 14.1. The summed E-state index contributed by atoms with van der Waals surface area (Å²) in [5.74, 6) is -0.137. The largest absolute Gasteiger partial charge is 0.444 e. The predicted molar refractivity (Wildman–Crippen MR) is 73.1 cm³/mol. The molecule has 2 heterocycles. The topological polar surface area (TPSA) is 88.7 Å². The average molecular weight is 285 g/mol. The van der Waals surface area contributed by atoms with E-state index in [9.17, 15) is 9.90 Å². The van der Waals surface area contributed by atoms with Crippen LogP contribution in [0.4, 0.5) is 9.93 Å². The van der Waals surface area contributed by atoms with Gasteiger partial charge in [-0.1, -0.05) is 0 Å². The molecule has 0 spiro atoms. The number of carbonyl (C=O) groups excluding carboxylic acids is 1. The minimum atomic E-state index is -0.604. The highest BCUT2D eigenvalue weighted by Gasteiger charge is 2.37. The van der Waals surface area contributed by atoms with Gasteiger partial charge in [0.25, 0.3) is 0 Å². The van der Waals surface area contributed by atoms with Gasteiger partial charge in [0.05, 0.1) is 12.6 Å². The van der Waals surface area contributed by atoms with Gasteiger partial charge >= 0.3 is 6.09 Å². The Labute approximate surface area is 116 Å². The molecule has 1 fully saturated rings. The van der Waals surface area contributed by atoms with E-state index in [1.807, 2.05) is 20.8 Å². The van der Waals surface area contributed by atoms with Gasteiger partial charge in [-0.15, -0.1) is 11.3 Å². The van der Waals surface area contributed by atoms with E-state index >= 15 is 0 Å². The van der Waals surface area contributed by atoms with Crippen molar-refractivity contribution in [3.63, 3.8) is 0 Å². The maximum atomic E-state index is 11.9. The van der Waals surface area contributed by atoms with Crippen LogP contribution in [0.15, 0.2) is 6.20 Å². The zero-order chi connectivity index (χ0) is 14.2. The van der Waals surface area contributed by atoms with Crippen LogP contribution in [0.2, 0.25) is 0 Å². The lowest BCUT2D eigenvalue weighted by Crippen LogP contribution is -2.35. The molecule has 1 aliphatic heterocycles. The van der Waals surface area contributed by atoms with Gasteiger partial charge in [-0.25, -0.2) is 9.78 Å². The molecule has 0 radical (unpaired) electrons. The Kier molecular flexibility index (Phi) is 3.69. The summed E-state index contributed by atoms with van der Waals surface area (Å²) < 4.78 is 5.30. The van der Waals surface area contributed by atoms with Crippen LogP contribution in [0, 0.1) is 0 Å². The highest BCUT2D eigenvalue weighted by atomic mass is 32.1. The fourth-order valence-electron chi connectivity index (χ4n) is 2.01. The first-order valence-electron chi connectivity index (χ1n) is 6.13. The van der Waals surface area contributed by atoms with Crippen molar-refractivity contribution in [3.8, 4) is 0 Å². The first-order valence-corrected chi connectivity index (χ1v) is 6.95. The Morgan fingerprint density at radius 2 is 2.26 bits per heavy atom. The van der Waals surface area contributed by atoms with E-state index in [1.165, 1.54) is 16.2 Å². The molecule has 1 aliphatic rings. The number of rotatable bonds is 1. The van der Waals surface area contributed by atoms with E-state index in [4.69, 9.17) is 10.5 Å². The number of aliphatic hydroxyl groups is 1. The predicted octanol–water partition coefficient (Wildman–Crippen LogP) is 1.42. The second-order valence-corrected chi connectivity index (χ2v) is 6.75. The van der Waals surface area contributed by atoms with E-state index in [2.05, 4.69) is 4.98 Å². The number of β-amino-alcohol motifs (C(OH)–C–C–N with tert-alkyl or cyclic N) is 1. The standard InChI is InChI=1S/C12H19N3O3S/c1-12(2,3)18-11(17)15-5-7(8(16)6-15)9-4-14-10(13)19-9/h4,7-8,16H,5-6H2,1-3H3,(H2,13,14)/t7-,8-/m0/s1. The molecular formula is C12H19N3O3S. The lowest BCUT2D eigenvalue weighted by Gasteiger charge is -2.24. The molecule has 2 rings (SSSR count). The SMILES string of the molecule is CC(C)(C)OC(=O)N1C[C@H](c2cnc(N)s2)[C@@H](O)C1. The zero-order valence-electron chi connectivity index (χ0n) is 11.3. The summed E-state index contributed by atoms with van der Waals surface area (Å²) in [7, 11) is 0. The first-order chi connectivity index (χ1) is 8.76. The highest BCUT2D eigenvalue weighted by molar-refractivity contribution is 7.15. The maximum absolute atomic E-state index is 11.9. The fourth-order valence-corrected chi connectivity index (χ4v) is 2.85. The Balaban J connectivity index is 2.03. The van der Waals surface area contributed by atoms with E-state index in [1.54, 1.807) is 6.20 Å². The van der Waals surface area contributed by atoms with E-state index in [-0.39, 0.29) is 12.5 Å². The summed E-state index contributed by atoms with van der Waals surface area (Å²) in [4.78, 5) is 18.3. The van der Waals surface area contributed by atoms with Crippen LogP contribution in [-0.2, 0) is 4.74 Å². The van der Waals surface area contributed by atoms with Crippen LogP contribution in [0.25, 0.3) is 0 Å². The van der Waals surface area contributed by atoms with Crippen molar-refractivity contribution in [3.05, 3.63) is 11.1 Å². The van der Waals surface area contributed by atoms with Gasteiger partial charge in [0.15, 0.2) is 5.13 Å². The number of aliphatic hydroxyl groups excluding tert-OH is 1. The van der Waals surface area contributed by atoms with Gasteiger partial charge in [-0.2, -0.15) is 0 Å². The molecule has 19 heavy (non-hydrogen) atoms. The van der Waals surface area contributed by atoms with Gasteiger partial charge in [-0.05, 0) is 20.8 Å². The summed E-state index contributed by atoms with van der Waals surface area (Å²) in [6.07, 6.45) is 0.658. The van der Waals surface area contributed by atoms with Crippen molar-refractivity contribution in [2.45, 2.75) is 38.4 Å². The second-order valence-electron chi connectivity index (χ2n) is 5.66. The monoisotopic (exact) mass is 285 g/mol. The van der Waals surface area contributed by atoms with Crippen molar-refractivity contribution >= 4 is 22.6 Å². The van der Waals surface area contributed by atoms with Crippen LogP contribution in [-0.4, -0.2) is 45.9 Å². The summed E-state index contributed by atoms with van der Waals surface area (Å²) in [6.45, 7) is 6.16. The van der Waals surface area contributed by atoms with Crippen LogP contribution < -0.4 is 5.73 Å². The summed E-state index contributed by atoms with van der Waals surface area (Å²) in [6, 6.07) is 0. The minimum Gasteiger partial charge on any atom is -0.444 e. The van der Waals surface area contributed by atoms with Gasteiger partial charge in [0, 0.05) is 23.5 Å². The fraction of sp³-hybridized carbons (Fsp3) is 0.667. The molecule has 6 nitrogen and oxygen atoms in total. The van der Waals surface area contributed by atoms with E-state index in [0.717, 1.165) is 4.88 Å². The quantitative estimate of drug-likeness (QED) is 0.814. The summed E-state index contributed by atoms with van der Waals surface area (Å²) in [5, 5.41) is 10.5. The molecule has 1 saturated heterocycles. The zero-order valence-corrected chi connectivity index (χ0v) is 12.1. The average Bonchev–Trinajstić information content (AvgIpc) is 2.82. The van der Waals surface area contributed by atoms with E-state index in [0.29, 0.717) is 11.7 Å². The number of aromatic nitrogens is 1. The molecule has 2 atom stereocenters. The normalized spacial score (nSPS) is 23.7. The van der Waals surface area contributed by atoms with Crippen molar-refractivity contribution in [2.24, 2.45) is 0 Å². The lowest BCUT2D eigenvalue weighted by atomic mass is 10.1. The Bertz CT molecular complexity index is 469. The van der Waals surface area contributed by atoms with Crippen LogP contribution in [0.5, 0.6) is 0 Å². The Morgan fingerprint density at radius 1 is 1.58 bits per heavy atom. The molecular weight excluding hydrogens is 266 g/mol. The number of hydrogen-bond acceptors (Lipinski definition) is 6. The summed E-state index contributed by atoms with van der Waals surface area (Å²) in [5.41, 5.74) is 5.06. The van der Waals surface area contributed by atoms with Gasteiger partial charge in [-0.3, -0.25) is 0 Å². The molecule has 3 N–H and O–H groups in total. The third-order valence-corrected chi connectivity index (χ3v) is 3.81. The molecule has 106 valence electrons. The molecule has 0 aromatic carbocycles. The molecule has 0 unspecified atom stereocenters. The highest BCUT2D eigenvalue weighted by Crippen LogP contribution is 2.32. The maximum Gasteiger partial charge on any atom is 0.410 e. The van der Waals surface area contributed by atoms with Crippen molar-refractivity contribution < 1.29 is 14.6 Å². The number of thiazole rings is 1. The molecule has 0 bridgehead atoms. The summed E-state index contributed by atoms with van der Waals surface area (Å²) >= 11 is 1.34.